The molecule has 1 unspecified atom stereocenters. The molecule has 27 heavy (non-hydrogen) atoms. The first-order valence-electron chi connectivity index (χ1n) is 8.90. The fourth-order valence-corrected chi connectivity index (χ4v) is 3.96. The summed E-state index contributed by atoms with van der Waals surface area (Å²) in [5.41, 5.74) is 2.76. The van der Waals surface area contributed by atoms with E-state index < -0.39 is 11.7 Å². The minimum atomic E-state index is -0.929. The topological polar surface area (TPSA) is 46.5 Å². The summed E-state index contributed by atoms with van der Waals surface area (Å²) in [6, 6.07) is 11.2. The first kappa shape index (κ1) is 19.9. The lowest BCUT2D eigenvalue weighted by Gasteiger charge is -2.35. The minimum absolute atomic E-state index is 0.0420. The lowest BCUT2D eigenvalue weighted by Crippen LogP contribution is -2.42. The molecule has 0 saturated carbocycles. The van der Waals surface area contributed by atoms with Crippen molar-refractivity contribution in [2.75, 3.05) is 0 Å². The number of benzene rings is 2. The minimum Gasteiger partial charge on any atom is -0.508 e. The van der Waals surface area contributed by atoms with Gasteiger partial charge in [-0.2, -0.15) is 0 Å². The predicted molar refractivity (Wildman–Crippen MR) is 110 cm³/mol. The quantitative estimate of drug-likeness (QED) is 0.656. The van der Waals surface area contributed by atoms with Gasteiger partial charge in [-0.05, 0) is 62.1 Å². The molecule has 0 spiro atoms. The van der Waals surface area contributed by atoms with Gasteiger partial charge in [0.25, 0.3) is 0 Å². The average Bonchev–Trinajstić information content (AvgIpc) is 2.60. The Kier molecular flexibility index (Phi) is 5.40. The normalized spacial score (nSPS) is 19.5. The third-order valence-electron chi connectivity index (χ3n) is 4.90. The zero-order valence-corrected chi connectivity index (χ0v) is 17.3. The first-order chi connectivity index (χ1) is 12.7. The van der Waals surface area contributed by atoms with Crippen LogP contribution in [0.2, 0.25) is 10.0 Å². The summed E-state index contributed by atoms with van der Waals surface area (Å²) in [5, 5.41) is 11.9. The molecule has 2 aromatic rings. The molecule has 1 N–H and O–H groups in total. The third-order valence-corrected chi connectivity index (χ3v) is 5.44. The van der Waals surface area contributed by atoms with Crippen molar-refractivity contribution < 1.29 is 14.6 Å². The third kappa shape index (κ3) is 3.64. The molecule has 142 valence electrons. The molecule has 0 aliphatic carbocycles. The number of hydrogen-bond acceptors (Lipinski definition) is 3. The zero-order chi connectivity index (χ0) is 19.9. The molecule has 0 aromatic heterocycles. The van der Waals surface area contributed by atoms with Crippen molar-refractivity contribution in [1.29, 1.82) is 0 Å². The van der Waals surface area contributed by atoms with E-state index in [2.05, 4.69) is 0 Å². The standard InChI is InChI=1S/C22H22Cl2O3/c1-5-13-6-7-14(16-9-8-15(23)11-18(16)24)10-17(13)19-20(25)12(2)27-22(3,4)21(19)26/h6-12,26H,5H2,1-4H3. The number of rotatable bonds is 3. The lowest BCUT2D eigenvalue weighted by molar-refractivity contribution is -0.137. The molecule has 2 aromatic carbocycles. The number of carbonyl (C=O) groups is 1. The Morgan fingerprint density at radius 2 is 1.81 bits per heavy atom. The van der Waals surface area contributed by atoms with Crippen LogP contribution in [0.5, 0.6) is 0 Å². The fraction of sp³-hybridized carbons (Fsp3) is 0.318. The van der Waals surface area contributed by atoms with E-state index in [0.717, 1.165) is 23.1 Å². The van der Waals surface area contributed by atoms with Gasteiger partial charge in [-0.3, -0.25) is 4.79 Å². The Bertz CT molecular complexity index is 945. The second-order valence-electron chi connectivity index (χ2n) is 7.21. The fourth-order valence-electron chi connectivity index (χ4n) is 3.44. The lowest BCUT2D eigenvalue weighted by atomic mass is 9.84. The summed E-state index contributed by atoms with van der Waals surface area (Å²) in [6.45, 7) is 7.25. The summed E-state index contributed by atoms with van der Waals surface area (Å²) in [4.78, 5) is 12.9. The molecule has 0 radical (unpaired) electrons. The van der Waals surface area contributed by atoms with Crippen LogP contribution >= 0.6 is 23.2 Å². The maximum absolute atomic E-state index is 12.9. The van der Waals surface area contributed by atoms with Crippen LogP contribution in [0.15, 0.2) is 42.2 Å². The predicted octanol–water partition coefficient (Wildman–Crippen LogP) is 6.26. The number of aryl methyl sites for hydroxylation is 1. The highest BCUT2D eigenvalue weighted by Gasteiger charge is 2.40. The Morgan fingerprint density at radius 1 is 1.11 bits per heavy atom. The van der Waals surface area contributed by atoms with E-state index in [1.807, 2.05) is 31.2 Å². The monoisotopic (exact) mass is 404 g/mol. The van der Waals surface area contributed by atoms with Crippen LogP contribution in [0.1, 0.15) is 38.8 Å². The summed E-state index contributed by atoms with van der Waals surface area (Å²) >= 11 is 12.4. The first-order valence-corrected chi connectivity index (χ1v) is 9.65. The molecule has 0 amide bonds. The number of halogens is 2. The van der Waals surface area contributed by atoms with Crippen LogP contribution in [0, 0.1) is 0 Å². The summed E-state index contributed by atoms with van der Waals surface area (Å²) in [5.74, 6) is -0.263. The molecule has 1 atom stereocenters. The molecule has 3 rings (SSSR count). The highest BCUT2D eigenvalue weighted by molar-refractivity contribution is 6.36. The number of hydrogen-bond donors (Lipinski definition) is 1. The smallest absolute Gasteiger partial charge is 0.195 e. The molecule has 0 bridgehead atoms. The second kappa shape index (κ2) is 7.31. The Hall–Kier alpha value is -1.81. The van der Waals surface area contributed by atoms with Gasteiger partial charge < -0.3 is 9.84 Å². The van der Waals surface area contributed by atoms with E-state index in [1.54, 1.807) is 32.9 Å². The molecule has 1 aliphatic rings. The van der Waals surface area contributed by atoms with Crippen LogP contribution in [-0.2, 0) is 16.0 Å². The number of aliphatic hydroxyl groups is 1. The zero-order valence-electron chi connectivity index (χ0n) is 15.8. The van der Waals surface area contributed by atoms with Crippen molar-refractivity contribution in [1.82, 2.24) is 0 Å². The highest BCUT2D eigenvalue weighted by Crippen LogP contribution is 2.39. The van der Waals surface area contributed by atoms with E-state index in [1.165, 1.54) is 0 Å². The van der Waals surface area contributed by atoms with Crippen LogP contribution < -0.4 is 0 Å². The molecule has 3 nitrogen and oxygen atoms in total. The maximum atomic E-state index is 12.9. The number of ether oxygens (including phenoxy) is 1. The maximum Gasteiger partial charge on any atom is 0.195 e. The van der Waals surface area contributed by atoms with Gasteiger partial charge in [-0.25, -0.2) is 0 Å². The van der Waals surface area contributed by atoms with Crippen molar-refractivity contribution in [2.45, 2.75) is 45.8 Å². The Balaban J connectivity index is 2.24. The van der Waals surface area contributed by atoms with Crippen molar-refractivity contribution in [3.63, 3.8) is 0 Å². The van der Waals surface area contributed by atoms with Gasteiger partial charge in [0.2, 0.25) is 0 Å². The van der Waals surface area contributed by atoms with E-state index >= 15 is 0 Å². The van der Waals surface area contributed by atoms with E-state index in [9.17, 15) is 9.90 Å². The largest absolute Gasteiger partial charge is 0.508 e. The molecule has 5 heteroatoms. The van der Waals surface area contributed by atoms with Gasteiger partial charge in [-0.15, -0.1) is 0 Å². The molecule has 1 aliphatic heterocycles. The summed E-state index contributed by atoms with van der Waals surface area (Å²) < 4.78 is 5.68. The van der Waals surface area contributed by atoms with Crippen molar-refractivity contribution in [2.24, 2.45) is 0 Å². The van der Waals surface area contributed by atoms with E-state index in [0.29, 0.717) is 21.2 Å². The number of carbonyl (C=O) groups excluding carboxylic acids is 1. The number of Topliss-reactive ketones (excluding diaryl/α,β-unsaturated/α-hetero) is 1. The van der Waals surface area contributed by atoms with Crippen molar-refractivity contribution >= 4 is 34.6 Å². The number of aliphatic hydroxyl groups excluding tert-OH is 1. The van der Waals surface area contributed by atoms with Gasteiger partial charge >= 0.3 is 0 Å². The Labute approximate surface area is 169 Å². The number of ketones is 1. The molecular weight excluding hydrogens is 383 g/mol. The van der Waals surface area contributed by atoms with Gasteiger partial charge in [-0.1, -0.05) is 48.3 Å². The van der Waals surface area contributed by atoms with Gasteiger partial charge in [0, 0.05) is 15.6 Å². The van der Waals surface area contributed by atoms with E-state index in [-0.39, 0.29) is 11.5 Å². The van der Waals surface area contributed by atoms with E-state index in [4.69, 9.17) is 27.9 Å². The van der Waals surface area contributed by atoms with Gasteiger partial charge in [0.05, 0.1) is 5.57 Å². The van der Waals surface area contributed by atoms with Crippen molar-refractivity contribution in [3.05, 3.63) is 63.3 Å². The average molecular weight is 405 g/mol. The van der Waals surface area contributed by atoms with Crippen LogP contribution in [-0.4, -0.2) is 22.6 Å². The molecule has 0 saturated heterocycles. The van der Waals surface area contributed by atoms with Crippen molar-refractivity contribution in [3.8, 4) is 11.1 Å². The van der Waals surface area contributed by atoms with Gasteiger partial charge in [0.1, 0.15) is 17.5 Å². The van der Waals surface area contributed by atoms with Crippen LogP contribution in [0.4, 0.5) is 0 Å². The van der Waals surface area contributed by atoms with Gasteiger partial charge in [0.15, 0.2) is 5.78 Å². The molecular formula is C22H22Cl2O3. The SMILES string of the molecule is CCc1ccc(-c2ccc(Cl)cc2Cl)cc1C1=C(O)C(C)(C)OC(C)C1=O. The summed E-state index contributed by atoms with van der Waals surface area (Å²) in [7, 11) is 0. The highest BCUT2D eigenvalue weighted by atomic mass is 35.5. The van der Waals surface area contributed by atoms with Crippen LogP contribution in [0.3, 0.4) is 0 Å². The molecule has 0 fully saturated rings. The summed E-state index contributed by atoms with van der Waals surface area (Å²) in [6.07, 6.45) is 0.0994. The Morgan fingerprint density at radius 3 is 2.44 bits per heavy atom. The van der Waals surface area contributed by atoms with Crippen LogP contribution in [0.25, 0.3) is 16.7 Å². The molecule has 1 heterocycles. The second-order valence-corrected chi connectivity index (χ2v) is 8.05.